The van der Waals surface area contributed by atoms with E-state index in [9.17, 15) is 4.79 Å². The third-order valence-electron chi connectivity index (χ3n) is 3.13. The van der Waals surface area contributed by atoms with Gasteiger partial charge in [0.25, 0.3) is 0 Å². The average molecular weight is 254 g/mol. The summed E-state index contributed by atoms with van der Waals surface area (Å²) in [5.41, 5.74) is 1.72. The van der Waals surface area contributed by atoms with Crippen molar-refractivity contribution in [2.45, 2.75) is 6.42 Å². The Morgan fingerprint density at radius 3 is 2.79 bits per heavy atom. The van der Waals surface area contributed by atoms with Gasteiger partial charge < -0.3 is 9.47 Å². The minimum absolute atomic E-state index is 0.0316. The summed E-state index contributed by atoms with van der Waals surface area (Å²) in [4.78, 5) is 12.2. The summed E-state index contributed by atoms with van der Waals surface area (Å²) >= 11 is 0. The lowest BCUT2D eigenvalue weighted by Gasteiger charge is -2.08. The Morgan fingerprint density at radius 1 is 1.11 bits per heavy atom. The molecule has 0 aromatic heterocycles. The number of hydrogen-bond acceptors (Lipinski definition) is 3. The Kier molecular flexibility index (Phi) is 3.19. The first-order valence-electron chi connectivity index (χ1n) is 6.30. The zero-order valence-corrected chi connectivity index (χ0v) is 10.5. The van der Waals surface area contributed by atoms with Crippen molar-refractivity contribution in [1.29, 1.82) is 0 Å². The van der Waals surface area contributed by atoms with Gasteiger partial charge in [-0.05, 0) is 23.8 Å². The number of rotatable bonds is 4. The maximum absolute atomic E-state index is 12.2. The topological polar surface area (TPSA) is 35.5 Å². The quantitative estimate of drug-likeness (QED) is 0.787. The molecule has 1 aliphatic rings. The molecule has 2 aromatic carbocycles. The molecule has 0 spiro atoms. The highest BCUT2D eigenvalue weighted by Crippen LogP contribution is 2.29. The summed E-state index contributed by atoms with van der Waals surface area (Å²) in [7, 11) is 0. The second-order valence-corrected chi connectivity index (χ2v) is 4.42. The second-order valence-electron chi connectivity index (χ2n) is 4.42. The van der Waals surface area contributed by atoms with E-state index < -0.39 is 0 Å². The first-order valence-corrected chi connectivity index (χ1v) is 6.30. The summed E-state index contributed by atoms with van der Waals surface area (Å²) in [6.45, 7) is 0.684. The van der Waals surface area contributed by atoms with Crippen molar-refractivity contribution in [2.24, 2.45) is 0 Å². The normalized spacial score (nSPS) is 12.6. The van der Waals surface area contributed by atoms with Crippen LogP contribution in [0, 0.1) is 0 Å². The van der Waals surface area contributed by atoms with Crippen molar-refractivity contribution in [3.63, 3.8) is 0 Å². The van der Waals surface area contributed by atoms with Crippen LogP contribution in [0.15, 0.2) is 48.5 Å². The van der Waals surface area contributed by atoms with Crippen LogP contribution in [-0.2, 0) is 6.42 Å². The summed E-state index contributed by atoms with van der Waals surface area (Å²) in [6, 6.07) is 15.0. The van der Waals surface area contributed by atoms with E-state index in [1.807, 2.05) is 42.5 Å². The minimum atomic E-state index is -0.0531. The fourth-order valence-corrected chi connectivity index (χ4v) is 2.18. The third kappa shape index (κ3) is 2.45. The van der Waals surface area contributed by atoms with Crippen LogP contribution in [-0.4, -0.2) is 19.0 Å². The predicted octanol–water partition coefficient (Wildman–Crippen LogP) is 2.88. The molecule has 1 heterocycles. The van der Waals surface area contributed by atoms with Gasteiger partial charge in [0.05, 0.1) is 12.2 Å². The Bertz CT molecular complexity index is 590. The highest BCUT2D eigenvalue weighted by Gasteiger charge is 2.20. The molecule has 0 radical (unpaired) electrons. The van der Waals surface area contributed by atoms with Gasteiger partial charge in [-0.25, -0.2) is 0 Å². The van der Waals surface area contributed by atoms with Crippen LogP contribution in [0.4, 0.5) is 0 Å². The molecular formula is C16H14O3. The van der Waals surface area contributed by atoms with Crippen LogP contribution >= 0.6 is 0 Å². The van der Waals surface area contributed by atoms with E-state index in [1.165, 1.54) is 0 Å². The van der Waals surface area contributed by atoms with Gasteiger partial charge in [-0.2, -0.15) is 0 Å². The molecule has 96 valence electrons. The Balaban J connectivity index is 1.73. The van der Waals surface area contributed by atoms with Gasteiger partial charge in [0.15, 0.2) is 6.61 Å². The highest BCUT2D eigenvalue weighted by molar-refractivity contribution is 6.00. The summed E-state index contributed by atoms with van der Waals surface area (Å²) < 4.78 is 11.0. The van der Waals surface area contributed by atoms with Gasteiger partial charge in [0, 0.05) is 6.42 Å². The van der Waals surface area contributed by atoms with Crippen LogP contribution in [0.2, 0.25) is 0 Å². The molecule has 3 rings (SSSR count). The molecule has 0 fully saturated rings. The number of carbonyl (C=O) groups is 1. The van der Waals surface area contributed by atoms with E-state index in [0.717, 1.165) is 17.7 Å². The predicted molar refractivity (Wildman–Crippen MR) is 71.9 cm³/mol. The van der Waals surface area contributed by atoms with E-state index >= 15 is 0 Å². The maximum atomic E-state index is 12.2. The molecule has 0 N–H and O–H groups in total. The molecule has 0 aliphatic carbocycles. The smallest absolute Gasteiger partial charge is 0.203 e. The van der Waals surface area contributed by atoms with Crippen LogP contribution < -0.4 is 9.47 Å². The van der Waals surface area contributed by atoms with Gasteiger partial charge in [0.2, 0.25) is 5.78 Å². The number of fused-ring (bicyclic) bond motifs is 1. The van der Waals surface area contributed by atoms with Gasteiger partial charge in [0.1, 0.15) is 11.5 Å². The maximum Gasteiger partial charge on any atom is 0.203 e. The molecule has 3 nitrogen and oxygen atoms in total. The zero-order valence-electron chi connectivity index (χ0n) is 10.5. The van der Waals surface area contributed by atoms with Gasteiger partial charge in [-0.15, -0.1) is 0 Å². The summed E-state index contributed by atoms with van der Waals surface area (Å²) in [5.74, 6) is 1.37. The van der Waals surface area contributed by atoms with Crippen LogP contribution in [0.1, 0.15) is 15.9 Å². The molecule has 1 aliphatic heterocycles. The molecule has 3 heteroatoms. The fraction of sp³-hybridized carbons (Fsp3) is 0.188. The van der Waals surface area contributed by atoms with E-state index in [4.69, 9.17) is 9.47 Å². The van der Waals surface area contributed by atoms with Crippen molar-refractivity contribution in [3.8, 4) is 11.5 Å². The molecule has 0 atom stereocenters. The van der Waals surface area contributed by atoms with Gasteiger partial charge in [-0.3, -0.25) is 4.79 Å². The summed E-state index contributed by atoms with van der Waals surface area (Å²) in [6.07, 6.45) is 0.871. The Morgan fingerprint density at radius 2 is 1.95 bits per heavy atom. The van der Waals surface area contributed by atoms with E-state index in [2.05, 4.69) is 0 Å². The van der Waals surface area contributed by atoms with Gasteiger partial charge in [-0.1, -0.05) is 30.3 Å². The van der Waals surface area contributed by atoms with E-state index in [0.29, 0.717) is 17.9 Å². The monoisotopic (exact) mass is 254 g/mol. The van der Waals surface area contributed by atoms with Crippen molar-refractivity contribution in [2.75, 3.05) is 13.2 Å². The lowest BCUT2D eigenvalue weighted by molar-refractivity contribution is 0.0918. The van der Waals surface area contributed by atoms with Crippen molar-refractivity contribution < 1.29 is 14.3 Å². The summed E-state index contributed by atoms with van der Waals surface area (Å²) in [5, 5.41) is 0. The Hall–Kier alpha value is -2.29. The van der Waals surface area contributed by atoms with Crippen molar-refractivity contribution in [3.05, 3.63) is 59.7 Å². The largest absolute Gasteiger partial charge is 0.492 e. The highest BCUT2D eigenvalue weighted by atomic mass is 16.5. The number of ketones is 1. The standard InChI is InChI=1S/C16H14O3/c17-15(11-19-13-6-2-1-3-7-13)14-8-4-5-12-9-10-18-16(12)14/h1-8H,9-11H2. The number of hydrogen-bond donors (Lipinski definition) is 0. The molecular weight excluding hydrogens is 240 g/mol. The van der Waals surface area contributed by atoms with Crippen LogP contribution in [0.5, 0.6) is 11.5 Å². The molecule has 0 unspecified atom stereocenters. The number of benzene rings is 2. The van der Waals surface area contributed by atoms with Crippen LogP contribution in [0.3, 0.4) is 0 Å². The number of ether oxygens (including phenoxy) is 2. The van der Waals surface area contributed by atoms with E-state index in [1.54, 1.807) is 6.07 Å². The fourth-order valence-electron chi connectivity index (χ4n) is 2.18. The molecule has 2 aromatic rings. The lowest BCUT2D eigenvalue weighted by atomic mass is 10.1. The van der Waals surface area contributed by atoms with Crippen molar-refractivity contribution >= 4 is 5.78 Å². The zero-order chi connectivity index (χ0) is 13.1. The third-order valence-corrected chi connectivity index (χ3v) is 3.13. The molecule has 0 saturated heterocycles. The molecule has 0 amide bonds. The van der Waals surface area contributed by atoms with E-state index in [-0.39, 0.29) is 12.4 Å². The number of Topliss-reactive ketones (excluding diaryl/α,β-unsaturated/α-hetero) is 1. The molecule has 19 heavy (non-hydrogen) atoms. The van der Waals surface area contributed by atoms with Crippen LogP contribution in [0.25, 0.3) is 0 Å². The molecule has 0 saturated carbocycles. The minimum Gasteiger partial charge on any atom is -0.492 e. The average Bonchev–Trinajstić information content (AvgIpc) is 2.94. The first kappa shape index (κ1) is 11.8. The SMILES string of the molecule is O=C(COc1ccccc1)c1cccc2c1OCC2. The number of carbonyl (C=O) groups excluding carboxylic acids is 1. The van der Waals surface area contributed by atoms with Crippen molar-refractivity contribution in [1.82, 2.24) is 0 Å². The Labute approximate surface area is 111 Å². The first-order chi connectivity index (χ1) is 9.34. The lowest BCUT2D eigenvalue weighted by Crippen LogP contribution is -2.12. The van der Waals surface area contributed by atoms with Gasteiger partial charge >= 0.3 is 0 Å². The number of para-hydroxylation sites is 2. The second kappa shape index (κ2) is 5.14. The molecule has 0 bridgehead atoms.